The first-order valence-electron chi connectivity index (χ1n) is 8.41. The molecule has 0 atom stereocenters. The van der Waals surface area contributed by atoms with Crippen molar-refractivity contribution in [1.29, 1.82) is 0 Å². The number of esters is 1. The topological polar surface area (TPSA) is 65.1 Å². The van der Waals surface area contributed by atoms with Crippen LogP contribution in [0.1, 0.15) is 22.3 Å². The monoisotopic (exact) mass is 355 g/mol. The maximum atomic E-state index is 12.6. The average Bonchev–Trinajstić information content (AvgIpc) is 3.11. The van der Waals surface area contributed by atoms with Crippen molar-refractivity contribution in [2.24, 2.45) is 0 Å². The number of para-hydroxylation sites is 2. The van der Waals surface area contributed by atoms with Crippen LogP contribution in [-0.4, -0.2) is 39.2 Å². The Hall–Kier alpha value is -3.02. The third-order valence-electron chi connectivity index (χ3n) is 4.34. The molecule has 1 aliphatic rings. The molecule has 0 aliphatic carbocycles. The summed E-state index contributed by atoms with van der Waals surface area (Å²) >= 11 is 0. The van der Waals surface area contributed by atoms with E-state index in [0.29, 0.717) is 23.6 Å². The van der Waals surface area contributed by atoms with Crippen LogP contribution in [0.25, 0.3) is 0 Å². The molecule has 0 spiro atoms. The molecule has 0 unspecified atom stereocenters. The molecule has 0 saturated heterocycles. The molecule has 136 valence electrons. The third-order valence-corrected chi connectivity index (χ3v) is 4.34. The van der Waals surface area contributed by atoms with Crippen molar-refractivity contribution in [2.75, 3.05) is 32.3 Å². The predicted molar refractivity (Wildman–Crippen MR) is 96.9 cm³/mol. The van der Waals surface area contributed by atoms with E-state index in [9.17, 15) is 9.59 Å². The molecule has 1 aliphatic heterocycles. The Kier molecular flexibility index (Phi) is 5.41. The Morgan fingerprint density at radius 1 is 1.08 bits per heavy atom. The molecule has 0 radical (unpaired) electrons. The van der Waals surface area contributed by atoms with Gasteiger partial charge in [0.05, 0.1) is 32.8 Å². The van der Waals surface area contributed by atoms with Gasteiger partial charge in [0, 0.05) is 12.2 Å². The van der Waals surface area contributed by atoms with Gasteiger partial charge in [0.1, 0.15) is 0 Å². The van der Waals surface area contributed by atoms with E-state index in [2.05, 4.69) is 0 Å². The van der Waals surface area contributed by atoms with Crippen molar-refractivity contribution in [3.8, 4) is 11.5 Å². The summed E-state index contributed by atoms with van der Waals surface area (Å²) in [6.07, 6.45) is 0.982. The zero-order valence-electron chi connectivity index (χ0n) is 14.9. The summed E-state index contributed by atoms with van der Waals surface area (Å²) in [5.41, 5.74) is 2.33. The van der Waals surface area contributed by atoms with Crippen molar-refractivity contribution >= 4 is 17.6 Å². The van der Waals surface area contributed by atoms with E-state index in [1.54, 1.807) is 30.2 Å². The summed E-state index contributed by atoms with van der Waals surface area (Å²) in [6.45, 7) is 0.874. The van der Waals surface area contributed by atoms with Gasteiger partial charge in [0.15, 0.2) is 11.5 Å². The Bertz CT molecular complexity index is 818. The van der Waals surface area contributed by atoms with Gasteiger partial charge in [-0.15, -0.1) is 0 Å². The second-order valence-electron chi connectivity index (χ2n) is 5.88. The minimum Gasteiger partial charge on any atom is -0.493 e. The molecule has 1 amide bonds. The minimum absolute atomic E-state index is 0.00975. The van der Waals surface area contributed by atoms with Gasteiger partial charge in [-0.3, -0.25) is 4.79 Å². The number of fused-ring (bicyclic) bond motifs is 1. The van der Waals surface area contributed by atoms with Gasteiger partial charge in [-0.05, 0) is 42.3 Å². The SMILES string of the molecule is COC(=O)c1ccc2c(c1)CCN2C(=O)CCOc1ccccc1OC. The van der Waals surface area contributed by atoms with Crippen molar-refractivity contribution in [2.45, 2.75) is 12.8 Å². The Labute approximate surface area is 152 Å². The second-order valence-corrected chi connectivity index (χ2v) is 5.88. The maximum absolute atomic E-state index is 12.6. The highest BCUT2D eigenvalue weighted by Crippen LogP contribution is 2.30. The number of amides is 1. The van der Waals surface area contributed by atoms with Crippen molar-refractivity contribution in [3.05, 3.63) is 53.6 Å². The summed E-state index contributed by atoms with van der Waals surface area (Å²) in [7, 11) is 2.93. The van der Waals surface area contributed by atoms with E-state index < -0.39 is 0 Å². The second kappa shape index (κ2) is 7.91. The largest absolute Gasteiger partial charge is 0.493 e. The fourth-order valence-electron chi connectivity index (χ4n) is 3.03. The highest BCUT2D eigenvalue weighted by atomic mass is 16.5. The molecule has 3 rings (SSSR count). The zero-order valence-corrected chi connectivity index (χ0v) is 14.9. The molecule has 0 fully saturated rings. The van der Waals surface area contributed by atoms with E-state index in [0.717, 1.165) is 17.7 Å². The van der Waals surface area contributed by atoms with Crippen LogP contribution in [0, 0.1) is 0 Å². The van der Waals surface area contributed by atoms with Crippen molar-refractivity contribution in [3.63, 3.8) is 0 Å². The lowest BCUT2D eigenvalue weighted by Crippen LogP contribution is -2.30. The third kappa shape index (κ3) is 3.64. The van der Waals surface area contributed by atoms with Gasteiger partial charge in [-0.25, -0.2) is 4.79 Å². The molecule has 0 N–H and O–H groups in total. The molecule has 6 nitrogen and oxygen atoms in total. The standard InChI is InChI=1S/C20H21NO5/c1-24-17-5-3-4-6-18(17)26-12-10-19(22)21-11-9-14-13-15(20(23)25-2)7-8-16(14)21/h3-8,13H,9-12H2,1-2H3. The lowest BCUT2D eigenvalue weighted by atomic mass is 10.1. The van der Waals surface area contributed by atoms with E-state index in [1.165, 1.54) is 7.11 Å². The number of hydrogen-bond acceptors (Lipinski definition) is 5. The van der Waals surface area contributed by atoms with Crippen molar-refractivity contribution in [1.82, 2.24) is 0 Å². The highest BCUT2D eigenvalue weighted by molar-refractivity contribution is 5.97. The van der Waals surface area contributed by atoms with E-state index in [1.807, 2.05) is 24.3 Å². The Balaban J connectivity index is 1.61. The number of carbonyl (C=O) groups excluding carboxylic acids is 2. The summed E-state index contributed by atoms with van der Waals surface area (Å²) in [5.74, 6) is 0.876. The molecule has 2 aromatic carbocycles. The number of benzene rings is 2. The van der Waals surface area contributed by atoms with Gasteiger partial charge in [-0.1, -0.05) is 12.1 Å². The summed E-state index contributed by atoms with van der Waals surface area (Å²) in [4.78, 5) is 25.9. The van der Waals surface area contributed by atoms with Gasteiger partial charge in [0.25, 0.3) is 0 Å². The molecular weight excluding hydrogens is 334 g/mol. The highest BCUT2D eigenvalue weighted by Gasteiger charge is 2.25. The molecule has 26 heavy (non-hydrogen) atoms. The van der Waals surface area contributed by atoms with Gasteiger partial charge >= 0.3 is 5.97 Å². The molecule has 2 aromatic rings. The van der Waals surface area contributed by atoms with Crippen LogP contribution in [0.15, 0.2) is 42.5 Å². The van der Waals surface area contributed by atoms with Crippen LogP contribution in [0.3, 0.4) is 0 Å². The van der Waals surface area contributed by atoms with Gasteiger partial charge < -0.3 is 19.1 Å². The summed E-state index contributed by atoms with van der Waals surface area (Å²) in [5, 5.41) is 0. The molecule has 0 bridgehead atoms. The van der Waals surface area contributed by atoms with Gasteiger partial charge in [0.2, 0.25) is 5.91 Å². The maximum Gasteiger partial charge on any atom is 0.337 e. The van der Waals surface area contributed by atoms with Crippen molar-refractivity contribution < 1.29 is 23.8 Å². The first kappa shape index (κ1) is 17.8. The van der Waals surface area contributed by atoms with Crippen LogP contribution < -0.4 is 14.4 Å². The Morgan fingerprint density at radius 3 is 2.58 bits per heavy atom. The normalized spacial score (nSPS) is 12.5. The number of hydrogen-bond donors (Lipinski definition) is 0. The van der Waals surface area contributed by atoms with E-state index >= 15 is 0 Å². The number of nitrogens with zero attached hydrogens (tertiary/aromatic N) is 1. The summed E-state index contributed by atoms with van der Waals surface area (Å²) < 4.78 is 15.6. The smallest absolute Gasteiger partial charge is 0.337 e. The number of ether oxygens (including phenoxy) is 3. The van der Waals surface area contributed by atoms with E-state index in [-0.39, 0.29) is 24.9 Å². The predicted octanol–water partition coefficient (Wildman–Crippen LogP) is 2.84. The van der Waals surface area contributed by atoms with E-state index in [4.69, 9.17) is 14.2 Å². The fourth-order valence-corrected chi connectivity index (χ4v) is 3.03. The number of rotatable bonds is 6. The minimum atomic E-state index is -0.372. The lowest BCUT2D eigenvalue weighted by molar-refractivity contribution is -0.119. The quantitative estimate of drug-likeness (QED) is 0.746. The molecule has 1 heterocycles. The lowest BCUT2D eigenvalue weighted by Gasteiger charge is -2.18. The van der Waals surface area contributed by atoms with Crippen LogP contribution in [-0.2, 0) is 16.0 Å². The van der Waals surface area contributed by atoms with Crippen LogP contribution in [0.5, 0.6) is 11.5 Å². The molecule has 0 saturated carbocycles. The fraction of sp³-hybridized carbons (Fsp3) is 0.300. The average molecular weight is 355 g/mol. The number of carbonyl (C=O) groups is 2. The first-order chi connectivity index (χ1) is 12.6. The molecular formula is C20H21NO5. The summed E-state index contributed by atoms with van der Waals surface area (Å²) in [6, 6.07) is 12.6. The number of methoxy groups -OCH3 is 2. The number of anilines is 1. The Morgan fingerprint density at radius 2 is 1.85 bits per heavy atom. The van der Waals surface area contributed by atoms with Crippen LogP contribution >= 0.6 is 0 Å². The first-order valence-corrected chi connectivity index (χ1v) is 8.41. The zero-order chi connectivity index (χ0) is 18.5. The van der Waals surface area contributed by atoms with Crippen LogP contribution in [0.4, 0.5) is 5.69 Å². The molecule has 6 heteroatoms. The molecule has 0 aromatic heterocycles. The van der Waals surface area contributed by atoms with Gasteiger partial charge in [-0.2, -0.15) is 0 Å². The van der Waals surface area contributed by atoms with Crippen LogP contribution in [0.2, 0.25) is 0 Å².